The van der Waals surface area contributed by atoms with Crippen LogP contribution in [0, 0.1) is 13.8 Å². The van der Waals surface area contributed by atoms with Gasteiger partial charge in [-0.15, -0.1) is 0 Å². The predicted molar refractivity (Wildman–Crippen MR) is 41.9 cm³/mol. The van der Waals surface area contributed by atoms with E-state index in [9.17, 15) is 0 Å². The minimum absolute atomic E-state index is 1.13. The molecule has 1 aromatic rings. The van der Waals surface area contributed by atoms with Gasteiger partial charge in [0.15, 0.2) is 0 Å². The number of hydrogen-bond donors (Lipinski definition) is 0. The summed E-state index contributed by atoms with van der Waals surface area (Å²) in [5, 5.41) is 0. The van der Waals surface area contributed by atoms with Crippen molar-refractivity contribution in [2.75, 3.05) is 0 Å². The van der Waals surface area contributed by atoms with E-state index in [-0.39, 0.29) is 0 Å². The molecule has 0 spiro atoms. The van der Waals surface area contributed by atoms with Crippen LogP contribution < -0.4 is 5.46 Å². The van der Waals surface area contributed by atoms with Crippen molar-refractivity contribution in [2.45, 2.75) is 13.8 Å². The molecule has 0 amide bonds. The molecule has 1 aromatic heterocycles. The van der Waals surface area contributed by atoms with Crippen molar-refractivity contribution in [1.82, 2.24) is 4.98 Å². The van der Waals surface area contributed by atoms with E-state index in [0.29, 0.717) is 0 Å². The zero-order valence-electron chi connectivity index (χ0n) is 6.10. The lowest BCUT2D eigenvalue weighted by molar-refractivity contribution is 1.16. The maximum Gasteiger partial charge on any atom is 0.141 e. The van der Waals surface area contributed by atoms with Gasteiger partial charge in [-0.25, -0.2) is 0 Å². The van der Waals surface area contributed by atoms with Crippen molar-refractivity contribution in [3.63, 3.8) is 0 Å². The van der Waals surface area contributed by atoms with Gasteiger partial charge in [-0.3, -0.25) is 4.98 Å². The van der Waals surface area contributed by atoms with Gasteiger partial charge < -0.3 is 0 Å². The first-order chi connectivity index (χ1) is 4.20. The fraction of sp³-hybridized carbons (Fsp3) is 0.286. The summed E-state index contributed by atoms with van der Waals surface area (Å²) in [4.78, 5) is 4.18. The lowest BCUT2D eigenvalue weighted by Crippen LogP contribution is -2.04. The summed E-state index contributed by atoms with van der Waals surface area (Å²) in [6.07, 6.45) is 1.89. The highest BCUT2D eigenvalue weighted by atomic mass is 14.7. The summed E-state index contributed by atoms with van der Waals surface area (Å²) in [5.41, 5.74) is 3.63. The maximum absolute atomic E-state index is 4.18. The molecule has 9 heavy (non-hydrogen) atoms. The number of pyridine rings is 1. The van der Waals surface area contributed by atoms with E-state index in [0.717, 1.165) is 5.69 Å². The molecule has 0 aliphatic carbocycles. The van der Waals surface area contributed by atoms with Crippen LogP contribution in [0.15, 0.2) is 12.3 Å². The quantitative estimate of drug-likeness (QED) is 0.436. The molecule has 0 unspecified atom stereocenters. The molecular formula is C7H10BN. The van der Waals surface area contributed by atoms with Crippen molar-refractivity contribution < 1.29 is 0 Å². The van der Waals surface area contributed by atoms with Crippen molar-refractivity contribution in [1.29, 1.82) is 0 Å². The third kappa shape index (κ3) is 1.32. The summed E-state index contributed by atoms with van der Waals surface area (Å²) in [5.74, 6) is 0. The van der Waals surface area contributed by atoms with Gasteiger partial charge in [-0.05, 0) is 19.4 Å². The lowest BCUT2D eigenvalue weighted by atomic mass is 9.97. The summed E-state index contributed by atoms with van der Waals surface area (Å²) in [6, 6.07) is 2.14. The smallest absolute Gasteiger partial charge is 0.141 e. The van der Waals surface area contributed by atoms with Gasteiger partial charge in [0.25, 0.3) is 0 Å². The lowest BCUT2D eigenvalue weighted by Gasteiger charge is -1.97. The largest absolute Gasteiger partial charge is 0.262 e. The third-order valence-corrected chi connectivity index (χ3v) is 1.48. The monoisotopic (exact) mass is 119 g/mol. The fourth-order valence-corrected chi connectivity index (χ4v) is 0.784. The van der Waals surface area contributed by atoms with Crippen LogP contribution in [0.2, 0.25) is 0 Å². The molecule has 0 aliphatic rings. The van der Waals surface area contributed by atoms with Gasteiger partial charge in [0, 0.05) is 11.9 Å². The number of nitrogens with zero attached hydrogens (tertiary/aromatic N) is 1. The molecule has 1 nitrogen and oxygen atoms in total. The first-order valence-electron chi connectivity index (χ1n) is 3.10. The predicted octanol–water partition coefficient (Wildman–Crippen LogP) is -0.0432. The molecule has 0 bridgehead atoms. The summed E-state index contributed by atoms with van der Waals surface area (Å²) in [6.45, 7) is 4.10. The van der Waals surface area contributed by atoms with E-state index in [1.165, 1.54) is 11.0 Å². The molecule has 46 valence electrons. The first kappa shape index (κ1) is 6.34. The molecule has 1 heterocycles. The zero-order chi connectivity index (χ0) is 6.85. The highest BCUT2D eigenvalue weighted by molar-refractivity contribution is 6.32. The van der Waals surface area contributed by atoms with E-state index in [2.05, 4.69) is 25.8 Å². The Morgan fingerprint density at radius 3 is 2.56 bits per heavy atom. The molecular weight excluding hydrogens is 109 g/mol. The van der Waals surface area contributed by atoms with Crippen LogP contribution in [0.1, 0.15) is 11.3 Å². The topological polar surface area (TPSA) is 12.9 Å². The highest BCUT2D eigenvalue weighted by Gasteiger charge is 1.90. The molecule has 0 fully saturated rings. The van der Waals surface area contributed by atoms with Crippen LogP contribution in [0.3, 0.4) is 0 Å². The Hall–Kier alpha value is -0.785. The van der Waals surface area contributed by atoms with Crippen molar-refractivity contribution >= 4 is 13.3 Å². The van der Waals surface area contributed by atoms with Crippen molar-refractivity contribution in [3.8, 4) is 0 Å². The molecule has 0 aromatic carbocycles. The molecule has 0 aliphatic heterocycles. The minimum Gasteiger partial charge on any atom is -0.262 e. The second kappa shape index (κ2) is 2.22. The Bertz CT molecular complexity index is 220. The number of aromatic nitrogens is 1. The summed E-state index contributed by atoms with van der Waals surface area (Å²) < 4.78 is 0. The summed E-state index contributed by atoms with van der Waals surface area (Å²) in [7, 11) is 2.06. The first-order valence-corrected chi connectivity index (χ1v) is 3.10. The SMILES string of the molecule is Bc1cnc(C)c(C)c1. The standard InChI is InChI=1S/C7H10BN/c1-5-3-7(8)4-9-6(5)2/h3-4H,8H2,1-2H3. The average Bonchev–Trinajstić information content (AvgIpc) is 1.80. The molecule has 0 radical (unpaired) electrons. The van der Waals surface area contributed by atoms with Crippen molar-refractivity contribution in [2.24, 2.45) is 0 Å². The summed E-state index contributed by atoms with van der Waals surface area (Å²) >= 11 is 0. The van der Waals surface area contributed by atoms with Gasteiger partial charge in [-0.2, -0.15) is 0 Å². The molecule has 0 saturated heterocycles. The van der Waals surface area contributed by atoms with Gasteiger partial charge in [-0.1, -0.05) is 11.5 Å². The Balaban J connectivity index is 3.17. The Morgan fingerprint density at radius 1 is 1.44 bits per heavy atom. The van der Waals surface area contributed by atoms with E-state index >= 15 is 0 Å². The normalized spacial score (nSPS) is 9.56. The molecule has 0 N–H and O–H groups in total. The van der Waals surface area contributed by atoms with Gasteiger partial charge in [0.1, 0.15) is 7.85 Å². The van der Waals surface area contributed by atoms with Crippen LogP contribution in [0.4, 0.5) is 0 Å². The van der Waals surface area contributed by atoms with Crippen molar-refractivity contribution in [3.05, 3.63) is 23.5 Å². The fourth-order valence-electron chi connectivity index (χ4n) is 0.784. The number of aryl methyl sites for hydroxylation is 2. The van der Waals surface area contributed by atoms with E-state index in [4.69, 9.17) is 0 Å². The second-order valence-electron chi connectivity index (χ2n) is 2.41. The Morgan fingerprint density at radius 2 is 2.11 bits per heavy atom. The maximum atomic E-state index is 4.18. The number of rotatable bonds is 0. The average molecular weight is 119 g/mol. The van der Waals surface area contributed by atoms with Crippen LogP contribution in [0.25, 0.3) is 0 Å². The van der Waals surface area contributed by atoms with Crippen LogP contribution in [0.5, 0.6) is 0 Å². The Labute approximate surface area is 56.5 Å². The molecule has 1 rings (SSSR count). The Kier molecular flexibility index (Phi) is 1.56. The van der Waals surface area contributed by atoms with E-state index in [1.807, 2.05) is 13.1 Å². The van der Waals surface area contributed by atoms with E-state index < -0.39 is 0 Å². The second-order valence-corrected chi connectivity index (χ2v) is 2.41. The van der Waals surface area contributed by atoms with Gasteiger partial charge in [0.2, 0.25) is 0 Å². The zero-order valence-corrected chi connectivity index (χ0v) is 6.10. The molecule has 0 atom stereocenters. The minimum atomic E-state index is 1.13. The van der Waals surface area contributed by atoms with Gasteiger partial charge >= 0.3 is 0 Å². The van der Waals surface area contributed by atoms with Crippen LogP contribution in [-0.2, 0) is 0 Å². The third-order valence-electron chi connectivity index (χ3n) is 1.48. The molecule has 0 saturated carbocycles. The van der Waals surface area contributed by atoms with E-state index in [1.54, 1.807) is 0 Å². The number of hydrogen-bond acceptors (Lipinski definition) is 1. The van der Waals surface area contributed by atoms with Gasteiger partial charge in [0.05, 0.1) is 0 Å². The van der Waals surface area contributed by atoms with Crippen LogP contribution in [-0.4, -0.2) is 12.8 Å². The highest BCUT2D eigenvalue weighted by Crippen LogP contribution is 1.96. The molecule has 2 heteroatoms. The van der Waals surface area contributed by atoms with Crippen LogP contribution >= 0.6 is 0 Å².